The monoisotopic (exact) mass is 286 g/mol. The lowest BCUT2D eigenvalue weighted by atomic mass is 10.3. The predicted molar refractivity (Wildman–Crippen MR) is 66.3 cm³/mol. The highest BCUT2D eigenvalue weighted by molar-refractivity contribution is 9.10. The highest BCUT2D eigenvalue weighted by Crippen LogP contribution is 2.12. The van der Waals surface area contributed by atoms with Crippen molar-refractivity contribution in [1.29, 1.82) is 0 Å². The molecular weight excluding hydrogens is 272 g/mol. The molecule has 0 spiro atoms. The van der Waals surface area contributed by atoms with E-state index in [1.54, 1.807) is 12.3 Å². The second-order valence-corrected chi connectivity index (χ2v) is 4.12. The Morgan fingerprint density at radius 3 is 3.12 bits per heavy atom. The summed E-state index contributed by atoms with van der Waals surface area (Å²) < 4.78 is 6.05. The van der Waals surface area contributed by atoms with E-state index in [4.69, 9.17) is 4.74 Å². The maximum atomic E-state index is 11.5. The van der Waals surface area contributed by atoms with E-state index >= 15 is 0 Å². The summed E-state index contributed by atoms with van der Waals surface area (Å²) in [4.78, 5) is 15.5. The number of carbonyl (C=O) groups excluding carboxylic acids is 1. The van der Waals surface area contributed by atoms with Crippen LogP contribution in [-0.4, -0.2) is 24.1 Å². The highest BCUT2D eigenvalue weighted by Gasteiger charge is 2.03. The fourth-order valence-electron chi connectivity index (χ4n) is 1.16. The number of ether oxygens (including phenoxy) is 1. The van der Waals surface area contributed by atoms with Crippen molar-refractivity contribution in [3.05, 3.63) is 22.8 Å². The van der Waals surface area contributed by atoms with E-state index in [0.717, 1.165) is 10.9 Å². The van der Waals surface area contributed by atoms with Crippen molar-refractivity contribution in [1.82, 2.24) is 4.98 Å². The third-order valence-corrected chi connectivity index (χ3v) is 2.38. The van der Waals surface area contributed by atoms with Gasteiger partial charge in [0.2, 0.25) is 5.91 Å². The average molecular weight is 287 g/mol. The molecule has 0 aliphatic rings. The molecule has 0 saturated carbocycles. The van der Waals surface area contributed by atoms with Gasteiger partial charge in [-0.3, -0.25) is 4.79 Å². The standard InChI is InChI=1S/C11H15BrN2O2/c1-2-16-7-3-4-11(15)14-10-8-9(12)5-6-13-10/h5-6,8H,2-4,7H2,1H3,(H,13,14,15). The van der Waals surface area contributed by atoms with Gasteiger partial charge in [-0.1, -0.05) is 15.9 Å². The minimum absolute atomic E-state index is 0.0368. The molecule has 0 aromatic carbocycles. The largest absolute Gasteiger partial charge is 0.382 e. The van der Waals surface area contributed by atoms with Crippen LogP contribution < -0.4 is 5.32 Å². The van der Waals surface area contributed by atoms with Crippen LogP contribution in [0.5, 0.6) is 0 Å². The van der Waals surface area contributed by atoms with Gasteiger partial charge in [0.25, 0.3) is 0 Å². The lowest BCUT2D eigenvalue weighted by Gasteiger charge is -2.04. The second-order valence-electron chi connectivity index (χ2n) is 3.21. The summed E-state index contributed by atoms with van der Waals surface area (Å²) in [6.07, 6.45) is 2.82. The number of amides is 1. The molecule has 0 aliphatic carbocycles. The first-order chi connectivity index (χ1) is 7.72. The number of nitrogens with one attached hydrogen (secondary N) is 1. The Bertz CT molecular complexity index is 345. The van der Waals surface area contributed by atoms with Crippen LogP contribution in [0.1, 0.15) is 19.8 Å². The van der Waals surface area contributed by atoms with Crippen LogP contribution in [0.4, 0.5) is 5.82 Å². The zero-order chi connectivity index (χ0) is 11.8. The molecule has 0 fully saturated rings. The molecular formula is C11H15BrN2O2. The van der Waals surface area contributed by atoms with E-state index in [1.165, 1.54) is 0 Å². The molecule has 1 N–H and O–H groups in total. The van der Waals surface area contributed by atoms with Gasteiger partial charge in [0, 0.05) is 30.3 Å². The molecule has 88 valence electrons. The maximum Gasteiger partial charge on any atom is 0.225 e. The summed E-state index contributed by atoms with van der Waals surface area (Å²) in [5.41, 5.74) is 0. The molecule has 1 amide bonds. The highest BCUT2D eigenvalue weighted by atomic mass is 79.9. The van der Waals surface area contributed by atoms with Crippen LogP contribution in [0.3, 0.4) is 0 Å². The molecule has 16 heavy (non-hydrogen) atoms. The van der Waals surface area contributed by atoms with Gasteiger partial charge in [0.15, 0.2) is 0 Å². The van der Waals surface area contributed by atoms with Crippen LogP contribution in [0.2, 0.25) is 0 Å². The molecule has 4 nitrogen and oxygen atoms in total. The predicted octanol–water partition coefficient (Wildman–Crippen LogP) is 2.60. The molecule has 1 aromatic heterocycles. The Balaban J connectivity index is 2.29. The van der Waals surface area contributed by atoms with Crippen LogP contribution in [0, 0.1) is 0 Å². The van der Waals surface area contributed by atoms with Gasteiger partial charge in [0.05, 0.1) is 0 Å². The van der Waals surface area contributed by atoms with Gasteiger partial charge in [-0.25, -0.2) is 4.98 Å². The molecule has 0 unspecified atom stereocenters. The normalized spacial score (nSPS) is 10.1. The van der Waals surface area contributed by atoms with Crippen molar-refractivity contribution < 1.29 is 9.53 Å². The zero-order valence-corrected chi connectivity index (χ0v) is 10.8. The first kappa shape index (κ1) is 13.1. The quantitative estimate of drug-likeness (QED) is 0.818. The summed E-state index contributed by atoms with van der Waals surface area (Å²) in [5, 5.41) is 2.72. The first-order valence-electron chi connectivity index (χ1n) is 5.21. The average Bonchev–Trinajstić information content (AvgIpc) is 2.24. The number of halogens is 1. The van der Waals surface area contributed by atoms with Gasteiger partial charge in [-0.05, 0) is 25.5 Å². The van der Waals surface area contributed by atoms with Crippen molar-refractivity contribution >= 4 is 27.7 Å². The molecule has 0 radical (unpaired) electrons. The SMILES string of the molecule is CCOCCCC(=O)Nc1cc(Br)ccn1. The van der Waals surface area contributed by atoms with E-state index in [9.17, 15) is 4.79 Å². The Morgan fingerprint density at radius 1 is 1.62 bits per heavy atom. The van der Waals surface area contributed by atoms with Crippen molar-refractivity contribution in [2.24, 2.45) is 0 Å². The van der Waals surface area contributed by atoms with Gasteiger partial charge < -0.3 is 10.1 Å². The number of carbonyl (C=O) groups is 1. The number of nitrogens with zero attached hydrogens (tertiary/aromatic N) is 1. The Hall–Kier alpha value is -0.940. The van der Waals surface area contributed by atoms with Crippen LogP contribution in [-0.2, 0) is 9.53 Å². The number of hydrogen-bond acceptors (Lipinski definition) is 3. The summed E-state index contributed by atoms with van der Waals surface area (Å²) in [7, 11) is 0. The smallest absolute Gasteiger partial charge is 0.225 e. The molecule has 0 aliphatic heterocycles. The number of pyridine rings is 1. The lowest BCUT2D eigenvalue weighted by Crippen LogP contribution is -2.13. The third kappa shape index (κ3) is 5.23. The zero-order valence-electron chi connectivity index (χ0n) is 9.20. The van der Waals surface area contributed by atoms with Gasteiger partial charge in [-0.15, -0.1) is 0 Å². The minimum atomic E-state index is -0.0368. The maximum absolute atomic E-state index is 11.5. The van der Waals surface area contributed by atoms with Crippen LogP contribution in [0.25, 0.3) is 0 Å². The molecule has 1 heterocycles. The Morgan fingerprint density at radius 2 is 2.44 bits per heavy atom. The van der Waals surface area contributed by atoms with E-state index in [-0.39, 0.29) is 5.91 Å². The topological polar surface area (TPSA) is 51.2 Å². The number of anilines is 1. The van der Waals surface area contributed by atoms with Crippen LogP contribution in [0.15, 0.2) is 22.8 Å². The second kappa shape index (κ2) is 7.35. The molecule has 0 bridgehead atoms. The van der Waals surface area contributed by atoms with Crippen molar-refractivity contribution in [2.45, 2.75) is 19.8 Å². The van der Waals surface area contributed by atoms with Crippen LogP contribution >= 0.6 is 15.9 Å². The number of aromatic nitrogens is 1. The molecule has 0 saturated heterocycles. The van der Waals surface area contributed by atoms with E-state index in [1.807, 2.05) is 13.0 Å². The molecule has 5 heteroatoms. The molecule has 1 rings (SSSR count). The van der Waals surface area contributed by atoms with Crippen molar-refractivity contribution in [2.75, 3.05) is 18.5 Å². The molecule has 1 aromatic rings. The van der Waals surface area contributed by atoms with Crippen molar-refractivity contribution in [3.63, 3.8) is 0 Å². The number of rotatable bonds is 6. The Labute approximate surface area is 104 Å². The summed E-state index contributed by atoms with van der Waals surface area (Å²) in [6.45, 7) is 3.25. The van der Waals surface area contributed by atoms with Gasteiger partial charge in [-0.2, -0.15) is 0 Å². The van der Waals surface area contributed by atoms with Gasteiger partial charge >= 0.3 is 0 Å². The third-order valence-electron chi connectivity index (χ3n) is 1.89. The summed E-state index contributed by atoms with van der Waals surface area (Å²) >= 11 is 3.31. The van der Waals surface area contributed by atoms with E-state index in [0.29, 0.717) is 25.5 Å². The fourth-order valence-corrected chi connectivity index (χ4v) is 1.49. The lowest BCUT2D eigenvalue weighted by molar-refractivity contribution is -0.116. The van der Waals surface area contributed by atoms with Gasteiger partial charge in [0.1, 0.15) is 5.82 Å². The summed E-state index contributed by atoms with van der Waals surface area (Å²) in [5.74, 6) is 0.529. The summed E-state index contributed by atoms with van der Waals surface area (Å²) in [6, 6.07) is 3.57. The first-order valence-corrected chi connectivity index (χ1v) is 6.01. The number of hydrogen-bond donors (Lipinski definition) is 1. The van der Waals surface area contributed by atoms with Crippen molar-refractivity contribution in [3.8, 4) is 0 Å². The fraction of sp³-hybridized carbons (Fsp3) is 0.455. The minimum Gasteiger partial charge on any atom is -0.382 e. The molecule has 0 atom stereocenters. The van der Waals surface area contributed by atoms with E-state index < -0.39 is 0 Å². The Kier molecular flexibility index (Phi) is 6.03. The van der Waals surface area contributed by atoms with E-state index in [2.05, 4.69) is 26.2 Å².